The van der Waals surface area contributed by atoms with E-state index in [1.807, 2.05) is 6.92 Å². The molecule has 5 nitrogen and oxygen atoms in total. The van der Waals surface area contributed by atoms with Crippen LogP contribution in [0.5, 0.6) is 0 Å². The van der Waals surface area contributed by atoms with Crippen LogP contribution in [-0.2, 0) is 17.3 Å². The van der Waals surface area contributed by atoms with Crippen molar-refractivity contribution in [2.45, 2.75) is 19.5 Å². The number of nitro groups is 1. The predicted molar refractivity (Wildman–Crippen MR) is 68.3 cm³/mol. The summed E-state index contributed by atoms with van der Waals surface area (Å²) in [7, 11) is -0.815. The molecule has 0 fully saturated rings. The van der Waals surface area contributed by atoms with Gasteiger partial charge in [-0.15, -0.1) is 0 Å². The molecule has 1 aromatic carbocycles. The largest absolute Gasteiger partial charge is 0.309 e. The summed E-state index contributed by atoms with van der Waals surface area (Å²) in [6, 6.07) is 6.58. The van der Waals surface area contributed by atoms with Crippen LogP contribution in [0.4, 0.5) is 5.69 Å². The molecular formula is C11H16N2O3S. The van der Waals surface area contributed by atoms with Crippen molar-refractivity contribution in [1.82, 2.24) is 5.32 Å². The fraction of sp³-hybridized carbons (Fsp3) is 0.455. The highest BCUT2D eigenvalue weighted by molar-refractivity contribution is 7.84. The molecule has 0 heterocycles. The molecule has 94 valence electrons. The Kier molecular flexibility index (Phi) is 5.24. The minimum Gasteiger partial charge on any atom is -0.309 e. The number of nitrogens with zero attached hydrogens (tertiary/aromatic N) is 1. The lowest BCUT2D eigenvalue weighted by Gasteiger charge is -2.11. The Morgan fingerprint density at radius 2 is 2.00 bits per heavy atom. The van der Waals surface area contributed by atoms with Gasteiger partial charge in [0.1, 0.15) is 0 Å². The highest BCUT2D eigenvalue weighted by atomic mass is 32.2. The molecule has 0 radical (unpaired) electrons. The van der Waals surface area contributed by atoms with Crippen LogP contribution >= 0.6 is 0 Å². The van der Waals surface area contributed by atoms with Crippen molar-refractivity contribution >= 4 is 16.5 Å². The van der Waals surface area contributed by atoms with E-state index in [2.05, 4.69) is 5.32 Å². The van der Waals surface area contributed by atoms with Gasteiger partial charge < -0.3 is 5.32 Å². The number of nitrogens with one attached hydrogen (secondary N) is 1. The first-order valence-electron chi connectivity index (χ1n) is 5.26. The predicted octanol–water partition coefficient (Wildman–Crippen LogP) is 1.45. The van der Waals surface area contributed by atoms with Crippen LogP contribution in [0.1, 0.15) is 12.5 Å². The third-order valence-electron chi connectivity index (χ3n) is 2.29. The zero-order valence-corrected chi connectivity index (χ0v) is 10.7. The summed E-state index contributed by atoms with van der Waals surface area (Å²) in [6.07, 6.45) is 1.67. The average molecular weight is 256 g/mol. The Morgan fingerprint density at radius 1 is 1.41 bits per heavy atom. The van der Waals surface area contributed by atoms with Gasteiger partial charge in [0.05, 0.1) is 4.92 Å². The summed E-state index contributed by atoms with van der Waals surface area (Å²) in [5.41, 5.74) is 1.07. The molecule has 0 saturated heterocycles. The van der Waals surface area contributed by atoms with E-state index in [9.17, 15) is 14.3 Å². The highest BCUT2D eigenvalue weighted by Crippen LogP contribution is 2.11. The summed E-state index contributed by atoms with van der Waals surface area (Å²) in [4.78, 5) is 10.0. The highest BCUT2D eigenvalue weighted by Gasteiger charge is 2.06. The second kappa shape index (κ2) is 6.46. The van der Waals surface area contributed by atoms with Crippen LogP contribution in [0.2, 0.25) is 0 Å². The number of benzene rings is 1. The van der Waals surface area contributed by atoms with Gasteiger partial charge in [0.15, 0.2) is 0 Å². The monoisotopic (exact) mass is 256 g/mol. The molecule has 1 aromatic rings. The van der Waals surface area contributed by atoms with Gasteiger partial charge in [-0.05, 0) is 12.5 Å². The molecule has 1 rings (SSSR count). The molecule has 0 aliphatic heterocycles. The maximum absolute atomic E-state index is 11.0. The van der Waals surface area contributed by atoms with Crippen LogP contribution in [0.15, 0.2) is 24.3 Å². The zero-order chi connectivity index (χ0) is 12.8. The van der Waals surface area contributed by atoms with Gasteiger partial charge in [-0.2, -0.15) is 0 Å². The van der Waals surface area contributed by atoms with E-state index in [-0.39, 0.29) is 11.7 Å². The quantitative estimate of drug-likeness (QED) is 0.617. The van der Waals surface area contributed by atoms with Crippen molar-refractivity contribution in [3.05, 3.63) is 39.9 Å². The first-order chi connectivity index (χ1) is 7.99. The van der Waals surface area contributed by atoms with Gasteiger partial charge in [-0.25, -0.2) is 0 Å². The van der Waals surface area contributed by atoms with Crippen molar-refractivity contribution in [2.75, 3.05) is 12.0 Å². The average Bonchev–Trinajstić information content (AvgIpc) is 2.26. The van der Waals surface area contributed by atoms with E-state index in [0.717, 1.165) is 5.56 Å². The van der Waals surface area contributed by atoms with Gasteiger partial charge in [0.2, 0.25) is 0 Å². The lowest BCUT2D eigenvalue weighted by molar-refractivity contribution is -0.384. The Labute approximate surface area is 103 Å². The lowest BCUT2D eigenvalue weighted by Crippen LogP contribution is -2.30. The summed E-state index contributed by atoms with van der Waals surface area (Å²) in [6.45, 7) is 2.59. The minimum atomic E-state index is -0.815. The van der Waals surface area contributed by atoms with Gasteiger partial charge in [-0.3, -0.25) is 14.3 Å². The van der Waals surface area contributed by atoms with E-state index in [0.29, 0.717) is 12.3 Å². The first kappa shape index (κ1) is 13.8. The minimum absolute atomic E-state index is 0.0939. The van der Waals surface area contributed by atoms with Gasteiger partial charge in [0.25, 0.3) is 5.69 Å². The van der Waals surface area contributed by atoms with E-state index < -0.39 is 15.7 Å². The number of non-ortho nitro benzene ring substituents is 1. The van der Waals surface area contributed by atoms with Crippen molar-refractivity contribution < 1.29 is 9.13 Å². The van der Waals surface area contributed by atoms with Crippen LogP contribution in [0.3, 0.4) is 0 Å². The van der Waals surface area contributed by atoms with Gasteiger partial charge >= 0.3 is 0 Å². The molecule has 0 bridgehead atoms. The molecule has 0 spiro atoms. The van der Waals surface area contributed by atoms with E-state index in [1.54, 1.807) is 18.4 Å². The Morgan fingerprint density at radius 3 is 2.47 bits per heavy atom. The smallest absolute Gasteiger partial charge is 0.269 e. The molecule has 0 saturated carbocycles. The molecule has 2 unspecified atom stereocenters. The fourth-order valence-corrected chi connectivity index (χ4v) is 2.26. The number of hydrogen-bond acceptors (Lipinski definition) is 4. The van der Waals surface area contributed by atoms with Crippen LogP contribution < -0.4 is 5.32 Å². The lowest BCUT2D eigenvalue weighted by atomic mass is 10.2. The van der Waals surface area contributed by atoms with Crippen molar-refractivity contribution in [3.63, 3.8) is 0 Å². The maximum atomic E-state index is 11.0. The number of hydrogen-bond donors (Lipinski definition) is 1. The van der Waals surface area contributed by atoms with E-state index in [1.165, 1.54) is 12.1 Å². The van der Waals surface area contributed by atoms with Gasteiger partial charge in [0, 0.05) is 47.5 Å². The molecular weight excluding hydrogens is 240 g/mol. The van der Waals surface area contributed by atoms with Gasteiger partial charge in [-0.1, -0.05) is 12.1 Å². The third-order valence-corrected chi connectivity index (χ3v) is 3.26. The summed E-state index contributed by atoms with van der Waals surface area (Å²) in [5.74, 6) is 0.604. The molecule has 1 N–H and O–H groups in total. The molecule has 6 heteroatoms. The first-order valence-corrected chi connectivity index (χ1v) is 6.98. The third kappa shape index (κ3) is 5.06. The van der Waals surface area contributed by atoms with Crippen molar-refractivity contribution in [2.24, 2.45) is 0 Å². The topological polar surface area (TPSA) is 72.2 Å². The van der Waals surface area contributed by atoms with Crippen LogP contribution in [-0.4, -0.2) is 27.2 Å². The molecule has 17 heavy (non-hydrogen) atoms. The number of rotatable bonds is 6. The molecule has 0 aromatic heterocycles. The van der Waals surface area contributed by atoms with E-state index >= 15 is 0 Å². The normalized spacial score (nSPS) is 14.2. The standard InChI is InChI=1S/C11H16N2O3S/c1-9(8-17(2)16)12-7-10-3-5-11(6-4-10)13(14)15/h3-6,9,12H,7-8H2,1-2H3. The number of nitro benzene ring substituents is 1. The molecule has 0 amide bonds. The maximum Gasteiger partial charge on any atom is 0.269 e. The molecule has 0 aliphatic rings. The Hall–Kier alpha value is -1.27. The summed E-state index contributed by atoms with van der Waals surface area (Å²) < 4.78 is 11.0. The van der Waals surface area contributed by atoms with E-state index in [4.69, 9.17) is 0 Å². The SMILES string of the molecule is CC(CS(C)=O)NCc1ccc([N+](=O)[O-])cc1. The molecule has 0 aliphatic carbocycles. The van der Waals surface area contributed by atoms with Crippen molar-refractivity contribution in [1.29, 1.82) is 0 Å². The van der Waals surface area contributed by atoms with Crippen LogP contribution in [0, 0.1) is 10.1 Å². The van der Waals surface area contributed by atoms with Crippen molar-refractivity contribution in [3.8, 4) is 0 Å². The molecule has 2 atom stereocenters. The summed E-state index contributed by atoms with van der Waals surface area (Å²) >= 11 is 0. The second-order valence-electron chi connectivity index (χ2n) is 3.95. The second-order valence-corrected chi connectivity index (χ2v) is 5.43. The van der Waals surface area contributed by atoms with Crippen LogP contribution in [0.25, 0.3) is 0 Å². The Bertz CT molecular complexity index is 406. The fourth-order valence-electron chi connectivity index (χ4n) is 1.44. The Balaban J connectivity index is 2.47. The zero-order valence-electron chi connectivity index (χ0n) is 9.88. The summed E-state index contributed by atoms with van der Waals surface area (Å²) in [5, 5.41) is 13.7.